The van der Waals surface area contributed by atoms with Crippen LogP contribution >= 0.6 is 7.82 Å². The monoisotopic (exact) mass is 616 g/mol. The van der Waals surface area contributed by atoms with Crippen LogP contribution in [0, 0.1) is 0 Å². The molecule has 2 N–H and O–H groups in total. The molecule has 1 atom stereocenters. The van der Waals surface area contributed by atoms with E-state index in [1.54, 1.807) is 0 Å². The van der Waals surface area contributed by atoms with Gasteiger partial charge in [0.1, 0.15) is 6.61 Å². The number of unbranched alkanes of at least 4 members (excludes halogenated alkanes) is 16. The lowest BCUT2D eigenvalue weighted by atomic mass is 10.1. The Morgan fingerprint density at radius 3 is 1.62 bits per heavy atom. The van der Waals surface area contributed by atoms with Crippen LogP contribution < -0.4 is 0 Å². The molecule has 0 fully saturated rings. The average Bonchev–Trinajstić information content (AvgIpc) is 2.95. The van der Waals surface area contributed by atoms with Crippen LogP contribution in [0.4, 0.5) is 0 Å². The molecule has 0 aromatic rings. The summed E-state index contributed by atoms with van der Waals surface area (Å²) in [5, 5.41) is 0. The highest BCUT2D eigenvalue weighted by Crippen LogP contribution is 2.35. The van der Waals surface area contributed by atoms with Crippen LogP contribution in [0.5, 0.6) is 0 Å². The number of hydrogen-bond acceptors (Lipinski definition) is 6. The molecule has 0 heterocycles. The molecule has 0 unspecified atom stereocenters. The molecule has 0 bridgehead atoms. The number of phosphoric ester groups is 1. The zero-order valence-corrected chi connectivity index (χ0v) is 27.5. The second kappa shape index (κ2) is 29.6. The highest BCUT2D eigenvalue weighted by atomic mass is 31.2. The van der Waals surface area contributed by atoms with Gasteiger partial charge in [0.2, 0.25) is 0 Å². The summed E-state index contributed by atoms with van der Waals surface area (Å²) in [6.07, 6.45) is 30.5. The number of esters is 2. The van der Waals surface area contributed by atoms with E-state index in [2.05, 4.69) is 42.7 Å². The molecular weight excluding hydrogens is 555 g/mol. The summed E-state index contributed by atoms with van der Waals surface area (Å²) in [6.45, 7) is 3.59. The van der Waals surface area contributed by atoms with Crippen molar-refractivity contribution in [1.82, 2.24) is 0 Å². The van der Waals surface area contributed by atoms with Gasteiger partial charge >= 0.3 is 19.8 Å². The van der Waals surface area contributed by atoms with Gasteiger partial charge in [-0.15, -0.1) is 0 Å². The summed E-state index contributed by atoms with van der Waals surface area (Å²) in [7, 11) is -4.74. The van der Waals surface area contributed by atoms with Gasteiger partial charge in [-0.1, -0.05) is 122 Å². The van der Waals surface area contributed by atoms with Crippen LogP contribution in [-0.4, -0.2) is 41.0 Å². The van der Waals surface area contributed by atoms with Crippen molar-refractivity contribution >= 4 is 19.8 Å². The highest BCUT2D eigenvalue weighted by molar-refractivity contribution is 7.46. The molecule has 42 heavy (non-hydrogen) atoms. The van der Waals surface area contributed by atoms with Gasteiger partial charge in [-0.3, -0.25) is 14.1 Å². The summed E-state index contributed by atoms with van der Waals surface area (Å²) in [5.74, 6) is -0.904. The van der Waals surface area contributed by atoms with E-state index < -0.39 is 32.5 Å². The van der Waals surface area contributed by atoms with Gasteiger partial charge in [-0.05, 0) is 44.9 Å². The fourth-order valence-corrected chi connectivity index (χ4v) is 4.82. The Hall–Kier alpha value is -1.47. The fraction of sp³-hybridized carbons (Fsp3) is 0.818. The number of ether oxygens (including phenoxy) is 2. The molecule has 8 nitrogen and oxygen atoms in total. The van der Waals surface area contributed by atoms with Gasteiger partial charge in [-0.25, -0.2) is 4.57 Å². The van der Waals surface area contributed by atoms with E-state index in [0.717, 1.165) is 57.8 Å². The van der Waals surface area contributed by atoms with E-state index >= 15 is 0 Å². The van der Waals surface area contributed by atoms with Gasteiger partial charge in [0.05, 0.1) is 6.61 Å². The summed E-state index contributed by atoms with van der Waals surface area (Å²) in [5.41, 5.74) is 0. The van der Waals surface area contributed by atoms with Crippen LogP contribution in [-0.2, 0) is 28.2 Å². The predicted molar refractivity (Wildman–Crippen MR) is 170 cm³/mol. The van der Waals surface area contributed by atoms with E-state index in [1.807, 2.05) is 0 Å². The Balaban J connectivity index is 4.02. The van der Waals surface area contributed by atoms with Crippen molar-refractivity contribution in [3.8, 4) is 0 Å². The predicted octanol–water partition coefficient (Wildman–Crippen LogP) is 9.29. The van der Waals surface area contributed by atoms with Crippen LogP contribution in [0.2, 0.25) is 0 Å². The van der Waals surface area contributed by atoms with Gasteiger partial charge in [0.25, 0.3) is 0 Å². The Morgan fingerprint density at radius 1 is 0.619 bits per heavy atom. The summed E-state index contributed by atoms with van der Waals surface area (Å²) in [6, 6.07) is 0. The number of carbonyl (C=O) groups excluding carboxylic acids is 2. The molecule has 0 aliphatic heterocycles. The van der Waals surface area contributed by atoms with Crippen molar-refractivity contribution in [1.29, 1.82) is 0 Å². The van der Waals surface area contributed by atoms with E-state index in [-0.39, 0.29) is 19.4 Å². The molecule has 0 aliphatic carbocycles. The molecule has 0 rings (SSSR count). The topological polar surface area (TPSA) is 119 Å². The molecule has 0 spiro atoms. The van der Waals surface area contributed by atoms with Crippen LogP contribution in [0.1, 0.15) is 155 Å². The van der Waals surface area contributed by atoms with Crippen molar-refractivity contribution in [2.45, 2.75) is 161 Å². The van der Waals surface area contributed by atoms with E-state index in [0.29, 0.717) is 12.8 Å². The molecule has 0 radical (unpaired) electrons. The maximum atomic E-state index is 12.2. The smallest absolute Gasteiger partial charge is 0.462 e. The standard InChI is InChI=1S/C33H61O8P/c1-3-5-7-9-11-13-14-15-16-17-18-20-21-23-25-27-32(34)39-29-31(30-40-42(36,37)38)41-33(35)28-26-24-22-19-12-10-8-6-4-2/h11,13,15-16,31H,3-10,12,14,17-30H2,1-2H3,(H2,36,37,38)/b13-11-,16-15-/t31-/m1/s1. The maximum Gasteiger partial charge on any atom is 0.469 e. The largest absolute Gasteiger partial charge is 0.469 e. The molecule has 9 heteroatoms. The quantitative estimate of drug-likeness (QED) is 0.0355. The molecule has 0 aromatic heterocycles. The molecular formula is C33H61O8P. The zero-order valence-electron chi connectivity index (χ0n) is 26.6. The van der Waals surface area contributed by atoms with Crippen molar-refractivity contribution in [3.05, 3.63) is 24.3 Å². The Bertz CT molecular complexity index is 746. The first kappa shape index (κ1) is 40.5. The Morgan fingerprint density at radius 2 is 1.07 bits per heavy atom. The Kier molecular flexibility index (Phi) is 28.6. The lowest BCUT2D eigenvalue weighted by Crippen LogP contribution is -2.29. The van der Waals surface area contributed by atoms with Crippen LogP contribution in [0.25, 0.3) is 0 Å². The van der Waals surface area contributed by atoms with Gasteiger partial charge in [0, 0.05) is 12.8 Å². The van der Waals surface area contributed by atoms with E-state index in [4.69, 9.17) is 19.3 Å². The molecule has 0 amide bonds. The Labute approximate surface area is 256 Å². The minimum atomic E-state index is -4.74. The summed E-state index contributed by atoms with van der Waals surface area (Å²) >= 11 is 0. The normalized spacial score (nSPS) is 12.8. The minimum absolute atomic E-state index is 0.210. The summed E-state index contributed by atoms with van der Waals surface area (Å²) < 4.78 is 26.1. The molecule has 0 aliphatic rings. The third kappa shape index (κ3) is 31.5. The first-order valence-electron chi connectivity index (χ1n) is 16.6. The van der Waals surface area contributed by atoms with Crippen molar-refractivity contribution in [2.75, 3.05) is 13.2 Å². The van der Waals surface area contributed by atoms with E-state index in [1.165, 1.54) is 57.8 Å². The third-order valence-electron chi connectivity index (χ3n) is 6.97. The molecule has 0 aromatic carbocycles. The van der Waals surface area contributed by atoms with Crippen molar-refractivity contribution < 1.29 is 37.9 Å². The first-order valence-corrected chi connectivity index (χ1v) is 18.2. The highest BCUT2D eigenvalue weighted by Gasteiger charge is 2.22. The number of allylic oxidation sites excluding steroid dienone is 4. The first-order chi connectivity index (χ1) is 20.3. The third-order valence-corrected chi connectivity index (χ3v) is 7.46. The molecule has 0 saturated carbocycles. The number of carbonyl (C=O) groups is 2. The van der Waals surface area contributed by atoms with Crippen LogP contribution in [0.3, 0.4) is 0 Å². The molecule has 0 saturated heterocycles. The lowest BCUT2D eigenvalue weighted by Gasteiger charge is -2.18. The van der Waals surface area contributed by atoms with Crippen molar-refractivity contribution in [2.24, 2.45) is 0 Å². The lowest BCUT2D eigenvalue weighted by molar-refractivity contribution is -0.161. The number of phosphoric acid groups is 1. The van der Waals surface area contributed by atoms with Gasteiger partial charge in [0.15, 0.2) is 6.10 Å². The van der Waals surface area contributed by atoms with Crippen LogP contribution in [0.15, 0.2) is 24.3 Å². The fourth-order valence-electron chi connectivity index (χ4n) is 4.46. The maximum absolute atomic E-state index is 12.2. The average molecular weight is 617 g/mol. The zero-order chi connectivity index (χ0) is 31.2. The van der Waals surface area contributed by atoms with Crippen molar-refractivity contribution in [3.63, 3.8) is 0 Å². The molecule has 246 valence electrons. The van der Waals surface area contributed by atoms with E-state index in [9.17, 15) is 14.2 Å². The SMILES string of the molecule is CCCCC/C=C\C/C=C\CCCCCCCC(=O)OC[C@H](COP(=O)(O)O)OC(=O)CCCCCCCCCCC. The second-order valence-corrected chi connectivity index (χ2v) is 12.4. The summed E-state index contributed by atoms with van der Waals surface area (Å²) in [4.78, 5) is 42.4. The van der Waals surface area contributed by atoms with Gasteiger partial charge < -0.3 is 19.3 Å². The number of hydrogen-bond donors (Lipinski definition) is 2. The second-order valence-electron chi connectivity index (χ2n) is 11.1. The minimum Gasteiger partial charge on any atom is -0.462 e. The number of rotatable bonds is 30. The van der Waals surface area contributed by atoms with Gasteiger partial charge in [-0.2, -0.15) is 0 Å².